The van der Waals surface area contributed by atoms with Crippen molar-refractivity contribution in [3.63, 3.8) is 0 Å². The van der Waals surface area contributed by atoms with Crippen molar-refractivity contribution in [3.8, 4) is 11.5 Å². The van der Waals surface area contributed by atoms with Crippen LogP contribution in [0, 0.1) is 0 Å². The summed E-state index contributed by atoms with van der Waals surface area (Å²) in [6, 6.07) is 3.40. The topological polar surface area (TPSA) is 64.6 Å². The van der Waals surface area contributed by atoms with E-state index in [1.54, 1.807) is 12.1 Å². The maximum absolute atomic E-state index is 11.3. The van der Waals surface area contributed by atoms with Crippen molar-refractivity contribution in [2.75, 3.05) is 20.0 Å². The molecule has 2 rings (SSSR count). The molecular formula is C13H16ClNO4S. The van der Waals surface area contributed by atoms with Crippen LogP contribution in [-0.2, 0) is 16.4 Å². The minimum Gasteiger partial charge on any atom is -0.493 e. The molecule has 0 fully saturated rings. The van der Waals surface area contributed by atoms with E-state index in [1.807, 2.05) is 6.07 Å². The second-order valence-electron chi connectivity index (χ2n) is 4.46. The molecule has 0 amide bonds. The molecule has 1 unspecified atom stereocenters. The molecule has 0 bridgehead atoms. The van der Waals surface area contributed by atoms with E-state index in [9.17, 15) is 8.42 Å². The molecule has 0 radical (unpaired) electrons. The van der Waals surface area contributed by atoms with Crippen molar-refractivity contribution < 1.29 is 17.9 Å². The number of rotatable bonds is 5. The van der Waals surface area contributed by atoms with Crippen LogP contribution >= 0.6 is 11.6 Å². The Bertz CT molecular complexity index is 628. The number of benzene rings is 1. The van der Waals surface area contributed by atoms with Crippen LogP contribution in [0.25, 0.3) is 0 Å². The third-order valence-corrected chi connectivity index (χ3v) is 4.67. The normalized spacial score (nSPS) is 20.1. The maximum atomic E-state index is 11.3. The molecule has 1 atom stereocenters. The third kappa shape index (κ3) is 3.45. The van der Waals surface area contributed by atoms with Gasteiger partial charge in [0.05, 0.1) is 25.0 Å². The zero-order chi connectivity index (χ0) is 14.8. The van der Waals surface area contributed by atoms with Crippen LogP contribution in [0.15, 0.2) is 23.6 Å². The molecule has 0 aliphatic carbocycles. The van der Waals surface area contributed by atoms with Crippen molar-refractivity contribution in [2.24, 2.45) is 0 Å². The molecule has 7 heteroatoms. The van der Waals surface area contributed by atoms with Crippen molar-refractivity contribution in [3.05, 3.63) is 34.2 Å². The van der Waals surface area contributed by atoms with Crippen molar-refractivity contribution in [2.45, 2.75) is 12.6 Å². The van der Waals surface area contributed by atoms with Crippen molar-refractivity contribution in [1.82, 2.24) is 5.32 Å². The molecule has 1 heterocycles. The highest BCUT2D eigenvalue weighted by Crippen LogP contribution is 2.35. The summed E-state index contributed by atoms with van der Waals surface area (Å²) in [5.74, 6) is 1.13. The molecule has 1 aliphatic rings. The van der Waals surface area contributed by atoms with Crippen LogP contribution in [0.3, 0.4) is 0 Å². The second kappa shape index (κ2) is 6.03. The Kier molecular flexibility index (Phi) is 4.57. The number of methoxy groups -OCH3 is 2. The van der Waals surface area contributed by atoms with Crippen molar-refractivity contribution >= 4 is 21.4 Å². The molecular weight excluding hydrogens is 302 g/mol. The summed E-state index contributed by atoms with van der Waals surface area (Å²) in [4.78, 5) is 0. The van der Waals surface area contributed by atoms with Gasteiger partial charge in [-0.25, -0.2) is 8.42 Å². The van der Waals surface area contributed by atoms with E-state index in [4.69, 9.17) is 21.1 Å². The highest BCUT2D eigenvalue weighted by Gasteiger charge is 2.21. The number of sulfone groups is 1. The van der Waals surface area contributed by atoms with Crippen LogP contribution in [-0.4, -0.2) is 34.4 Å². The number of nitrogens with one attached hydrogen (secondary N) is 1. The van der Waals surface area contributed by atoms with Gasteiger partial charge in [0.15, 0.2) is 21.3 Å². The summed E-state index contributed by atoms with van der Waals surface area (Å²) in [5.41, 5.74) is 0.894. The quantitative estimate of drug-likeness (QED) is 0.896. The average Bonchev–Trinajstić information content (AvgIpc) is 2.75. The van der Waals surface area contributed by atoms with E-state index < -0.39 is 9.84 Å². The fraction of sp³-hybridized carbons (Fsp3) is 0.385. The minimum atomic E-state index is -3.05. The van der Waals surface area contributed by atoms with Gasteiger partial charge in [-0.1, -0.05) is 17.7 Å². The summed E-state index contributed by atoms with van der Waals surface area (Å²) < 4.78 is 33.0. The number of hydrogen-bond acceptors (Lipinski definition) is 5. The maximum Gasteiger partial charge on any atom is 0.179 e. The lowest BCUT2D eigenvalue weighted by Crippen LogP contribution is -2.29. The Labute approximate surface area is 123 Å². The Morgan fingerprint density at radius 1 is 1.35 bits per heavy atom. The standard InChI is InChI=1S/C13H16ClNO4S/c1-18-12-6-9(5-11(14)13(12)19-2)7-15-10-3-4-20(16,17)8-10/h3-6,10,15H,7-8H2,1-2H3. The monoisotopic (exact) mass is 317 g/mol. The SMILES string of the molecule is COc1cc(CNC2C=CS(=O)(=O)C2)cc(Cl)c1OC. The fourth-order valence-corrected chi connectivity index (χ4v) is 3.61. The molecule has 1 aromatic carbocycles. The van der Waals surface area contributed by atoms with Crippen LogP contribution in [0.5, 0.6) is 11.5 Å². The Balaban J connectivity index is 2.07. The average molecular weight is 318 g/mol. The first kappa shape index (κ1) is 15.2. The van der Waals surface area contributed by atoms with Gasteiger partial charge in [-0.3, -0.25) is 0 Å². The van der Waals surface area contributed by atoms with E-state index in [0.29, 0.717) is 23.1 Å². The van der Waals surface area contributed by atoms with Crippen LogP contribution in [0.2, 0.25) is 5.02 Å². The molecule has 110 valence electrons. The number of halogens is 1. The lowest BCUT2D eigenvalue weighted by Gasteiger charge is -2.14. The Hall–Kier alpha value is -1.24. The van der Waals surface area contributed by atoms with Gasteiger partial charge in [0, 0.05) is 18.0 Å². The van der Waals surface area contributed by atoms with Gasteiger partial charge in [0.25, 0.3) is 0 Å². The highest BCUT2D eigenvalue weighted by atomic mass is 35.5. The molecule has 5 nitrogen and oxygen atoms in total. The molecule has 0 saturated heterocycles. The summed E-state index contributed by atoms with van der Waals surface area (Å²) >= 11 is 6.11. The molecule has 1 N–H and O–H groups in total. The van der Waals surface area contributed by atoms with Crippen LogP contribution in [0.4, 0.5) is 0 Å². The zero-order valence-electron chi connectivity index (χ0n) is 11.2. The first-order valence-corrected chi connectivity index (χ1v) is 8.09. The van der Waals surface area contributed by atoms with E-state index in [-0.39, 0.29) is 11.8 Å². The van der Waals surface area contributed by atoms with E-state index >= 15 is 0 Å². The predicted octanol–water partition coefficient (Wildman–Crippen LogP) is 1.76. The Morgan fingerprint density at radius 2 is 2.10 bits per heavy atom. The molecule has 1 aliphatic heterocycles. The molecule has 0 spiro atoms. The van der Waals surface area contributed by atoms with Gasteiger partial charge in [0.1, 0.15) is 0 Å². The lowest BCUT2D eigenvalue weighted by molar-refractivity contribution is 0.354. The fourth-order valence-electron chi connectivity index (χ4n) is 2.03. The van der Waals surface area contributed by atoms with Gasteiger partial charge in [0.2, 0.25) is 0 Å². The molecule has 1 aromatic rings. The summed E-state index contributed by atoms with van der Waals surface area (Å²) in [5, 5.41) is 4.85. The highest BCUT2D eigenvalue weighted by molar-refractivity contribution is 7.94. The predicted molar refractivity (Wildman–Crippen MR) is 78.1 cm³/mol. The summed E-state index contributed by atoms with van der Waals surface area (Å²) in [7, 11) is 0.0177. The number of hydrogen-bond donors (Lipinski definition) is 1. The van der Waals surface area contributed by atoms with E-state index in [2.05, 4.69) is 5.32 Å². The van der Waals surface area contributed by atoms with Crippen LogP contribution < -0.4 is 14.8 Å². The van der Waals surface area contributed by atoms with E-state index in [0.717, 1.165) is 5.56 Å². The van der Waals surface area contributed by atoms with E-state index in [1.165, 1.54) is 19.6 Å². The van der Waals surface area contributed by atoms with Gasteiger partial charge in [-0.15, -0.1) is 0 Å². The first-order chi connectivity index (χ1) is 9.45. The molecule has 20 heavy (non-hydrogen) atoms. The lowest BCUT2D eigenvalue weighted by atomic mass is 10.2. The van der Waals surface area contributed by atoms with Gasteiger partial charge < -0.3 is 14.8 Å². The largest absolute Gasteiger partial charge is 0.493 e. The summed E-state index contributed by atoms with van der Waals surface area (Å²) in [6.07, 6.45) is 1.65. The van der Waals surface area contributed by atoms with Gasteiger partial charge in [-0.05, 0) is 17.7 Å². The smallest absolute Gasteiger partial charge is 0.179 e. The zero-order valence-corrected chi connectivity index (χ0v) is 12.8. The van der Waals surface area contributed by atoms with Crippen molar-refractivity contribution in [1.29, 1.82) is 0 Å². The summed E-state index contributed by atoms with van der Waals surface area (Å²) in [6.45, 7) is 0.491. The first-order valence-electron chi connectivity index (χ1n) is 6.00. The minimum absolute atomic E-state index is 0.0913. The van der Waals surface area contributed by atoms with Gasteiger partial charge >= 0.3 is 0 Å². The molecule has 0 aromatic heterocycles. The van der Waals surface area contributed by atoms with Gasteiger partial charge in [-0.2, -0.15) is 0 Å². The number of ether oxygens (including phenoxy) is 2. The Morgan fingerprint density at radius 3 is 2.65 bits per heavy atom. The van der Waals surface area contributed by atoms with Crippen LogP contribution in [0.1, 0.15) is 5.56 Å². The molecule has 0 saturated carbocycles. The second-order valence-corrected chi connectivity index (χ2v) is 6.80. The third-order valence-electron chi connectivity index (χ3n) is 2.99.